The molecular formula is C6H8BFN2O. The number of pyridine rings is 1. The van der Waals surface area contributed by atoms with E-state index in [1.807, 2.05) is 0 Å². The largest absolute Gasteiger partial charge is 0.433 e. The molecule has 3 nitrogen and oxygen atoms in total. The molecule has 0 atom stereocenters. The van der Waals surface area contributed by atoms with E-state index < -0.39 is 13.0 Å². The third kappa shape index (κ3) is 2.55. The van der Waals surface area contributed by atoms with Crippen LogP contribution in [0.3, 0.4) is 0 Å². The van der Waals surface area contributed by atoms with Crippen molar-refractivity contribution in [1.82, 2.24) is 4.98 Å². The van der Waals surface area contributed by atoms with Crippen LogP contribution in [0, 0.1) is 5.95 Å². The van der Waals surface area contributed by atoms with E-state index in [4.69, 9.17) is 5.02 Å². The lowest BCUT2D eigenvalue weighted by atomic mass is 9.88. The standard InChI is InChI=1S/C6H8BFN2O/c1-7(11)10-5-2-3-6(8)9-4-5/h2-4,10-11H,1H3. The van der Waals surface area contributed by atoms with Crippen molar-refractivity contribution < 1.29 is 9.41 Å². The fraction of sp³-hybridized carbons (Fsp3) is 0.167. The lowest BCUT2D eigenvalue weighted by Gasteiger charge is -2.03. The minimum Gasteiger partial charge on any atom is -0.433 e. The number of halogens is 1. The molecule has 0 saturated carbocycles. The molecule has 5 heteroatoms. The summed E-state index contributed by atoms with van der Waals surface area (Å²) in [5.74, 6) is -0.527. The SMILES string of the molecule is CB(O)Nc1ccc(F)nc1. The number of nitrogens with zero attached hydrogens (tertiary/aromatic N) is 1. The van der Waals surface area contributed by atoms with E-state index in [2.05, 4.69) is 10.2 Å². The van der Waals surface area contributed by atoms with Gasteiger partial charge < -0.3 is 10.3 Å². The maximum atomic E-state index is 12.2. The molecule has 11 heavy (non-hydrogen) atoms. The highest BCUT2D eigenvalue weighted by atomic mass is 19.1. The van der Waals surface area contributed by atoms with Gasteiger partial charge in [0.15, 0.2) is 0 Å². The molecule has 0 aliphatic rings. The first kappa shape index (κ1) is 8.01. The van der Waals surface area contributed by atoms with E-state index in [0.717, 1.165) is 0 Å². The van der Waals surface area contributed by atoms with E-state index in [1.54, 1.807) is 6.82 Å². The number of hydrogen-bond acceptors (Lipinski definition) is 3. The highest BCUT2D eigenvalue weighted by molar-refractivity contribution is 6.52. The molecule has 0 spiro atoms. The summed E-state index contributed by atoms with van der Waals surface area (Å²) in [6, 6.07) is 2.74. The van der Waals surface area contributed by atoms with Crippen LogP contribution in [0.1, 0.15) is 0 Å². The molecule has 1 heterocycles. The van der Waals surface area contributed by atoms with Crippen LogP contribution >= 0.6 is 0 Å². The summed E-state index contributed by atoms with van der Waals surface area (Å²) < 4.78 is 12.2. The summed E-state index contributed by atoms with van der Waals surface area (Å²) in [4.78, 5) is 3.39. The van der Waals surface area contributed by atoms with Crippen LogP contribution < -0.4 is 5.23 Å². The Hall–Kier alpha value is -1.10. The average molecular weight is 154 g/mol. The van der Waals surface area contributed by atoms with E-state index in [-0.39, 0.29) is 0 Å². The molecule has 0 saturated heterocycles. The van der Waals surface area contributed by atoms with Crippen LogP contribution in [0.2, 0.25) is 6.82 Å². The van der Waals surface area contributed by atoms with Gasteiger partial charge in [-0.05, 0) is 19.0 Å². The topological polar surface area (TPSA) is 45.1 Å². The normalized spacial score (nSPS) is 9.36. The second-order valence-corrected chi connectivity index (χ2v) is 2.19. The molecule has 0 radical (unpaired) electrons. The van der Waals surface area contributed by atoms with Gasteiger partial charge in [0.25, 0.3) is 0 Å². The zero-order valence-corrected chi connectivity index (χ0v) is 6.08. The van der Waals surface area contributed by atoms with Gasteiger partial charge >= 0.3 is 7.05 Å². The van der Waals surface area contributed by atoms with Crippen LogP contribution in [0.5, 0.6) is 0 Å². The molecule has 0 fully saturated rings. The van der Waals surface area contributed by atoms with Gasteiger partial charge in [-0.25, -0.2) is 4.98 Å². The van der Waals surface area contributed by atoms with Gasteiger partial charge in [0.05, 0.1) is 6.20 Å². The molecule has 0 aliphatic carbocycles. The van der Waals surface area contributed by atoms with Gasteiger partial charge in [0, 0.05) is 5.69 Å². The van der Waals surface area contributed by atoms with Crippen LogP contribution in [0.25, 0.3) is 0 Å². The first-order valence-corrected chi connectivity index (χ1v) is 3.24. The van der Waals surface area contributed by atoms with Gasteiger partial charge in [0.1, 0.15) is 0 Å². The Morgan fingerprint density at radius 3 is 2.82 bits per heavy atom. The van der Waals surface area contributed by atoms with Crippen molar-refractivity contribution in [2.24, 2.45) is 0 Å². The second-order valence-electron chi connectivity index (χ2n) is 2.19. The van der Waals surface area contributed by atoms with Gasteiger partial charge in [-0.1, -0.05) is 0 Å². The molecule has 58 valence electrons. The van der Waals surface area contributed by atoms with Crippen LogP contribution in [-0.4, -0.2) is 17.1 Å². The third-order valence-electron chi connectivity index (χ3n) is 1.10. The second kappa shape index (κ2) is 3.34. The van der Waals surface area contributed by atoms with Crippen molar-refractivity contribution in [3.05, 3.63) is 24.3 Å². The Morgan fingerprint density at radius 1 is 1.64 bits per heavy atom. The molecule has 0 amide bonds. The Kier molecular flexibility index (Phi) is 2.43. The first-order chi connectivity index (χ1) is 5.18. The summed E-state index contributed by atoms with van der Waals surface area (Å²) >= 11 is 0. The maximum Gasteiger partial charge on any atom is 0.406 e. The van der Waals surface area contributed by atoms with E-state index in [9.17, 15) is 4.39 Å². The number of nitrogens with one attached hydrogen (secondary N) is 1. The number of hydrogen-bond donors (Lipinski definition) is 2. The van der Waals surface area contributed by atoms with Crippen molar-refractivity contribution >= 4 is 12.7 Å². The summed E-state index contributed by atoms with van der Waals surface area (Å²) in [7, 11) is -0.651. The number of rotatable bonds is 2. The molecule has 1 rings (SSSR count). The predicted octanol–water partition coefficient (Wildman–Crippen LogP) is 0.743. The molecule has 0 aliphatic heterocycles. The number of aromatic nitrogens is 1. The summed E-state index contributed by atoms with van der Waals surface area (Å²) in [5.41, 5.74) is 0.599. The van der Waals surface area contributed by atoms with Gasteiger partial charge in [-0.2, -0.15) is 4.39 Å². The average Bonchev–Trinajstić information content (AvgIpc) is 1.93. The third-order valence-corrected chi connectivity index (χ3v) is 1.10. The van der Waals surface area contributed by atoms with Crippen molar-refractivity contribution in [1.29, 1.82) is 0 Å². The van der Waals surface area contributed by atoms with Crippen molar-refractivity contribution in [2.45, 2.75) is 6.82 Å². The molecule has 0 aromatic carbocycles. The van der Waals surface area contributed by atoms with E-state index in [0.29, 0.717) is 5.69 Å². The van der Waals surface area contributed by atoms with Crippen LogP contribution in [-0.2, 0) is 0 Å². The summed E-state index contributed by atoms with van der Waals surface area (Å²) in [6.07, 6.45) is 1.32. The molecule has 0 bridgehead atoms. The number of anilines is 1. The Bertz CT molecular complexity index is 227. The predicted molar refractivity (Wildman–Crippen MR) is 41.7 cm³/mol. The summed E-state index contributed by atoms with van der Waals surface area (Å²) in [6.45, 7) is 1.57. The molecular weight excluding hydrogens is 146 g/mol. The zero-order chi connectivity index (χ0) is 8.27. The lowest BCUT2D eigenvalue weighted by Crippen LogP contribution is -2.19. The zero-order valence-electron chi connectivity index (χ0n) is 6.08. The lowest BCUT2D eigenvalue weighted by molar-refractivity contribution is 0.581. The Balaban J connectivity index is 2.66. The summed E-state index contributed by atoms with van der Waals surface area (Å²) in [5, 5.41) is 11.5. The highest BCUT2D eigenvalue weighted by Gasteiger charge is 2.01. The fourth-order valence-corrected chi connectivity index (χ4v) is 0.702. The fourth-order valence-electron chi connectivity index (χ4n) is 0.702. The monoisotopic (exact) mass is 154 g/mol. The molecule has 2 N–H and O–H groups in total. The highest BCUT2D eigenvalue weighted by Crippen LogP contribution is 2.04. The quantitative estimate of drug-likeness (QED) is 0.487. The van der Waals surface area contributed by atoms with Gasteiger partial charge in [-0.3, -0.25) is 0 Å². The molecule has 0 unspecified atom stereocenters. The van der Waals surface area contributed by atoms with Crippen molar-refractivity contribution in [3.63, 3.8) is 0 Å². The minimum atomic E-state index is -0.651. The van der Waals surface area contributed by atoms with Crippen molar-refractivity contribution in [2.75, 3.05) is 5.23 Å². The van der Waals surface area contributed by atoms with Crippen LogP contribution in [0.4, 0.5) is 10.1 Å². The molecule has 1 aromatic rings. The Morgan fingerprint density at radius 2 is 2.36 bits per heavy atom. The van der Waals surface area contributed by atoms with Crippen molar-refractivity contribution in [3.8, 4) is 0 Å². The van der Waals surface area contributed by atoms with E-state index >= 15 is 0 Å². The molecule has 1 aromatic heterocycles. The van der Waals surface area contributed by atoms with Gasteiger partial charge in [0.2, 0.25) is 5.95 Å². The van der Waals surface area contributed by atoms with Gasteiger partial charge in [-0.15, -0.1) is 0 Å². The minimum absolute atomic E-state index is 0.527. The Labute approximate surface area is 64.4 Å². The van der Waals surface area contributed by atoms with E-state index in [1.165, 1.54) is 18.3 Å². The smallest absolute Gasteiger partial charge is 0.406 e. The first-order valence-electron chi connectivity index (χ1n) is 3.24. The maximum absolute atomic E-state index is 12.2. The van der Waals surface area contributed by atoms with Crippen LogP contribution in [0.15, 0.2) is 18.3 Å².